The number of nitrogens with zero attached hydrogens (tertiary/aromatic N) is 3. The molecule has 0 unspecified atom stereocenters. The molecule has 3 amide bonds. The fourth-order valence-corrected chi connectivity index (χ4v) is 4.21. The van der Waals surface area contributed by atoms with Crippen molar-refractivity contribution in [2.45, 2.75) is 32.1 Å². The van der Waals surface area contributed by atoms with E-state index >= 15 is 0 Å². The molecule has 0 atom stereocenters. The second-order valence-corrected chi connectivity index (χ2v) is 9.04. The van der Waals surface area contributed by atoms with E-state index in [9.17, 15) is 32.7 Å². The summed E-state index contributed by atoms with van der Waals surface area (Å²) in [5, 5.41) is 21.6. The number of para-hydroxylation sites is 2. The number of hydrogen-bond donors (Lipinski definition) is 2. The Bertz CT molecular complexity index is 1490. The van der Waals surface area contributed by atoms with Crippen LogP contribution in [0.1, 0.15) is 40.9 Å². The molecule has 3 aromatic carbocycles. The summed E-state index contributed by atoms with van der Waals surface area (Å²) >= 11 is 0. The van der Waals surface area contributed by atoms with Crippen LogP contribution in [0, 0.1) is 11.3 Å². The molecule has 1 saturated heterocycles. The number of rotatable bonds is 6. The number of aromatic carboxylic acids is 1. The number of carbonyl (C=O) groups excluding carboxylic acids is 2. The van der Waals surface area contributed by atoms with Crippen LogP contribution in [0.25, 0.3) is 0 Å². The van der Waals surface area contributed by atoms with Gasteiger partial charge in [-0.1, -0.05) is 30.3 Å². The van der Waals surface area contributed by atoms with Gasteiger partial charge in [0.2, 0.25) is 0 Å². The number of halogens is 3. The van der Waals surface area contributed by atoms with E-state index in [2.05, 4.69) is 5.32 Å². The number of imide groups is 1. The molecule has 1 heterocycles. The van der Waals surface area contributed by atoms with Crippen molar-refractivity contribution in [1.82, 2.24) is 4.90 Å². The third kappa shape index (κ3) is 4.64. The summed E-state index contributed by atoms with van der Waals surface area (Å²) in [5.41, 5.74) is -2.23. The zero-order valence-electron chi connectivity index (χ0n) is 20.2. The average molecular weight is 522 g/mol. The number of carbonyl (C=O) groups is 3. The monoisotopic (exact) mass is 522 g/mol. The van der Waals surface area contributed by atoms with E-state index in [1.807, 2.05) is 0 Å². The van der Waals surface area contributed by atoms with Gasteiger partial charge in [-0.2, -0.15) is 18.4 Å². The molecular weight excluding hydrogens is 501 g/mol. The highest BCUT2D eigenvalue weighted by molar-refractivity contribution is 6.23. The molecular formula is C27H21F3N4O4. The quantitative estimate of drug-likeness (QED) is 0.398. The predicted molar refractivity (Wildman–Crippen MR) is 132 cm³/mol. The van der Waals surface area contributed by atoms with Crippen molar-refractivity contribution in [2.24, 2.45) is 0 Å². The number of nitrogens with one attached hydrogen (secondary N) is 1. The van der Waals surface area contributed by atoms with Crippen molar-refractivity contribution in [3.63, 3.8) is 0 Å². The Morgan fingerprint density at radius 2 is 1.66 bits per heavy atom. The minimum Gasteiger partial charge on any atom is -0.478 e. The minimum atomic E-state index is -4.86. The first-order valence-electron chi connectivity index (χ1n) is 11.3. The predicted octanol–water partition coefficient (Wildman–Crippen LogP) is 5.77. The van der Waals surface area contributed by atoms with E-state index in [-0.39, 0.29) is 17.8 Å². The zero-order valence-corrected chi connectivity index (χ0v) is 20.2. The molecule has 1 fully saturated rings. The smallest absolute Gasteiger partial charge is 0.417 e. The van der Waals surface area contributed by atoms with E-state index < -0.39 is 40.7 Å². The maximum absolute atomic E-state index is 13.5. The highest BCUT2D eigenvalue weighted by Crippen LogP contribution is 2.39. The van der Waals surface area contributed by atoms with Crippen LogP contribution < -0.4 is 10.2 Å². The number of nitriles is 1. The van der Waals surface area contributed by atoms with Crippen LogP contribution >= 0.6 is 0 Å². The topological polar surface area (TPSA) is 114 Å². The summed E-state index contributed by atoms with van der Waals surface area (Å²) in [6.45, 7) is 2.86. The van der Waals surface area contributed by atoms with Crippen molar-refractivity contribution in [3.8, 4) is 6.07 Å². The van der Waals surface area contributed by atoms with Gasteiger partial charge in [-0.25, -0.2) is 14.5 Å². The van der Waals surface area contributed by atoms with Crippen LogP contribution in [0.3, 0.4) is 0 Å². The first kappa shape index (κ1) is 26.2. The summed E-state index contributed by atoms with van der Waals surface area (Å²) in [6.07, 6.45) is -4.86. The minimum absolute atomic E-state index is 0.0301. The van der Waals surface area contributed by atoms with Gasteiger partial charge >= 0.3 is 18.2 Å². The van der Waals surface area contributed by atoms with Gasteiger partial charge in [0.1, 0.15) is 5.54 Å². The average Bonchev–Trinajstić information content (AvgIpc) is 3.03. The van der Waals surface area contributed by atoms with Gasteiger partial charge in [0.15, 0.2) is 0 Å². The summed E-state index contributed by atoms with van der Waals surface area (Å²) < 4.78 is 40.6. The van der Waals surface area contributed by atoms with E-state index in [4.69, 9.17) is 5.26 Å². The fourth-order valence-electron chi connectivity index (χ4n) is 4.21. The first-order valence-corrected chi connectivity index (χ1v) is 11.3. The number of benzene rings is 3. The molecule has 2 N–H and O–H groups in total. The number of alkyl halides is 3. The van der Waals surface area contributed by atoms with Gasteiger partial charge in [-0.05, 0) is 55.8 Å². The van der Waals surface area contributed by atoms with E-state index in [1.54, 1.807) is 42.5 Å². The zero-order chi connectivity index (χ0) is 27.8. The molecule has 38 heavy (non-hydrogen) atoms. The number of amides is 3. The first-order chi connectivity index (χ1) is 17.9. The van der Waals surface area contributed by atoms with Gasteiger partial charge < -0.3 is 15.3 Å². The Balaban J connectivity index is 1.69. The summed E-state index contributed by atoms with van der Waals surface area (Å²) in [6, 6.07) is 16.3. The molecule has 194 valence electrons. The number of urea groups is 1. The van der Waals surface area contributed by atoms with Crippen LogP contribution in [0.2, 0.25) is 0 Å². The molecule has 0 spiro atoms. The number of anilines is 3. The van der Waals surface area contributed by atoms with E-state index in [0.29, 0.717) is 27.9 Å². The standard InChI is InChI=1S/C27H21F3N4O4/c1-26(2)24(37)34(18-12-11-16(14-31)20(13-18)27(28,29)30)25(38)33(26)15-17-7-3-5-9-21(17)32-22-10-6-4-8-19(22)23(35)36/h3-13,32H,15H2,1-2H3,(H,35,36). The van der Waals surface area contributed by atoms with Crippen LogP contribution in [-0.4, -0.2) is 33.5 Å². The molecule has 0 saturated carbocycles. The van der Waals surface area contributed by atoms with E-state index in [0.717, 1.165) is 12.1 Å². The van der Waals surface area contributed by atoms with Crippen molar-refractivity contribution >= 4 is 35.0 Å². The lowest BCUT2D eigenvalue weighted by Crippen LogP contribution is -2.43. The van der Waals surface area contributed by atoms with Gasteiger partial charge in [-0.3, -0.25) is 4.79 Å². The maximum Gasteiger partial charge on any atom is 0.417 e. The van der Waals surface area contributed by atoms with Gasteiger partial charge in [0.05, 0.1) is 40.7 Å². The lowest BCUT2D eigenvalue weighted by Gasteiger charge is -2.28. The second kappa shape index (κ2) is 9.55. The molecule has 3 aromatic rings. The summed E-state index contributed by atoms with van der Waals surface area (Å²) in [4.78, 5) is 40.2. The second-order valence-electron chi connectivity index (χ2n) is 9.04. The summed E-state index contributed by atoms with van der Waals surface area (Å²) in [7, 11) is 0. The largest absolute Gasteiger partial charge is 0.478 e. The lowest BCUT2D eigenvalue weighted by atomic mass is 10.0. The Morgan fingerprint density at radius 3 is 2.29 bits per heavy atom. The van der Waals surface area contributed by atoms with E-state index in [1.165, 1.54) is 30.9 Å². The third-order valence-electron chi connectivity index (χ3n) is 6.28. The Labute approximate surface area is 215 Å². The maximum atomic E-state index is 13.5. The van der Waals surface area contributed by atoms with Gasteiger partial charge in [0, 0.05) is 5.69 Å². The molecule has 4 rings (SSSR count). The van der Waals surface area contributed by atoms with Gasteiger partial charge in [-0.15, -0.1) is 0 Å². The van der Waals surface area contributed by atoms with Crippen molar-refractivity contribution in [3.05, 3.63) is 89.0 Å². The number of hydrogen-bond acceptors (Lipinski definition) is 5. The Hall–Kier alpha value is -4.85. The van der Waals surface area contributed by atoms with Crippen LogP contribution in [-0.2, 0) is 17.5 Å². The fraction of sp³-hybridized carbons (Fsp3) is 0.185. The normalized spacial score (nSPS) is 14.9. The van der Waals surface area contributed by atoms with Crippen LogP contribution in [0.5, 0.6) is 0 Å². The molecule has 0 aromatic heterocycles. The van der Waals surface area contributed by atoms with Crippen molar-refractivity contribution in [2.75, 3.05) is 10.2 Å². The summed E-state index contributed by atoms with van der Waals surface area (Å²) in [5.74, 6) is -1.87. The SMILES string of the molecule is CC1(C)C(=O)N(c2ccc(C#N)c(C(F)(F)F)c2)C(=O)N1Cc1ccccc1Nc1ccccc1C(=O)O. The van der Waals surface area contributed by atoms with Gasteiger partial charge in [0.25, 0.3) is 5.91 Å². The molecule has 0 bridgehead atoms. The van der Waals surface area contributed by atoms with Crippen molar-refractivity contribution < 1.29 is 32.7 Å². The van der Waals surface area contributed by atoms with Crippen LogP contribution in [0.4, 0.5) is 35.0 Å². The Kier molecular flexibility index (Phi) is 6.59. The third-order valence-corrected chi connectivity index (χ3v) is 6.28. The highest BCUT2D eigenvalue weighted by atomic mass is 19.4. The molecule has 0 aliphatic carbocycles. The Morgan fingerprint density at radius 1 is 1.03 bits per heavy atom. The number of carboxylic acids is 1. The van der Waals surface area contributed by atoms with Crippen LogP contribution in [0.15, 0.2) is 66.7 Å². The molecule has 1 aliphatic rings. The molecule has 1 aliphatic heterocycles. The highest BCUT2D eigenvalue weighted by Gasteiger charge is 2.52. The molecule has 0 radical (unpaired) electrons. The molecule has 11 heteroatoms. The van der Waals surface area contributed by atoms with Crippen molar-refractivity contribution in [1.29, 1.82) is 5.26 Å². The molecule has 8 nitrogen and oxygen atoms in total. The lowest BCUT2D eigenvalue weighted by molar-refractivity contribution is -0.137. The number of carboxylic acid groups (broad SMARTS) is 1.